The summed E-state index contributed by atoms with van der Waals surface area (Å²) in [5, 5.41) is 2.89. The average Bonchev–Trinajstić information content (AvgIpc) is 3.02. The summed E-state index contributed by atoms with van der Waals surface area (Å²) >= 11 is 0. The van der Waals surface area contributed by atoms with Crippen molar-refractivity contribution < 1.29 is 9.53 Å². The second-order valence-corrected chi connectivity index (χ2v) is 7.18. The van der Waals surface area contributed by atoms with Crippen molar-refractivity contribution in [3.8, 4) is 0 Å². The van der Waals surface area contributed by atoms with Crippen LogP contribution >= 0.6 is 0 Å². The highest BCUT2D eigenvalue weighted by molar-refractivity contribution is 5.77. The van der Waals surface area contributed by atoms with Crippen LogP contribution in [-0.4, -0.2) is 35.7 Å². The van der Waals surface area contributed by atoms with E-state index >= 15 is 0 Å². The number of rotatable bonds is 14. The van der Waals surface area contributed by atoms with E-state index in [4.69, 9.17) is 9.72 Å². The molecule has 0 aliphatic carbocycles. The van der Waals surface area contributed by atoms with Gasteiger partial charge in [-0.1, -0.05) is 64.0 Å². The highest BCUT2D eigenvalue weighted by Crippen LogP contribution is 2.18. The van der Waals surface area contributed by atoms with Gasteiger partial charge in [0.25, 0.3) is 0 Å². The Hall–Kier alpha value is -1.88. The maximum Gasteiger partial charge on any atom is 0.245 e. The number of amides is 1. The number of aromatic nitrogens is 2. The molecule has 0 spiro atoms. The quantitative estimate of drug-likeness (QED) is 0.497. The van der Waals surface area contributed by atoms with E-state index in [-0.39, 0.29) is 12.5 Å². The number of ether oxygens (including phenoxy) is 1. The minimum atomic E-state index is -0.0803. The number of unbranched alkanes of at least 4 members (excludes halogenated alkanes) is 7. The molecule has 27 heavy (non-hydrogen) atoms. The maximum atomic E-state index is 11.6. The summed E-state index contributed by atoms with van der Waals surface area (Å²) in [7, 11) is 1.53. The van der Waals surface area contributed by atoms with Crippen LogP contribution in [0.5, 0.6) is 0 Å². The molecule has 5 nitrogen and oxygen atoms in total. The number of nitrogens with one attached hydrogen (secondary N) is 1. The molecule has 0 fully saturated rings. The molecule has 0 saturated heterocycles. The second-order valence-electron chi connectivity index (χ2n) is 7.18. The number of carbonyl (C=O) groups excluding carboxylic acids is 1. The molecule has 1 aromatic heterocycles. The number of hydrogen-bond donors (Lipinski definition) is 1. The zero-order chi connectivity index (χ0) is 19.3. The summed E-state index contributed by atoms with van der Waals surface area (Å²) in [5.41, 5.74) is 2.23. The molecule has 150 valence electrons. The van der Waals surface area contributed by atoms with Gasteiger partial charge in [-0.3, -0.25) is 4.79 Å². The van der Waals surface area contributed by atoms with Crippen LogP contribution in [0.4, 0.5) is 0 Å². The molecule has 0 saturated carbocycles. The summed E-state index contributed by atoms with van der Waals surface area (Å²) in [6, 6.07) is 8.30. The van der Waals surface area contributed by atoms with Gasteiger partial charge in [0.15, 0.2) is 0 Å². The molecule has 0 aliphatic rings. The fraction of sp³-hybridized carbons (Fsp3) is 0.636. The third kappa shape index (κ3) is 7.33. The molecule has 1 amide bonds. The molecule has 0 unspecified atom stereocenters. The minimum absolute atomic E-state index is 0.0803. The number of methoxy groups -OCH3 is 1. The van der Waals surface area contributed by atoms with Crippen molar-refractivity contribution in [1.29, 1.82) is 0 Å². The molecule has 0 aliphatic heterocycles. The van der Waals surface area contributed by atoms with Gasteiger partial charge in [0.05, 0.1) is 11.0 Å². The number of fused-ring (bicyclic) bond motifs is 1. The van der Waals surface area contributed by atoms with Gasteiger partial charge in [0.2, 0.25) is 5.91 Å². The van der Waals surface area contributed by atoms with Crippen molar-refractivity contribution in [2.45, 2.75) is 71.3 Å². The van der Waals surface area contributed by atoms with Crippen LogP contribution in [0.25, 0.3) is 11.0 Å². The summed E-state index contributed by atoms with van der Waals surface area (Å²) in [6.45, 7) is 3.95. The van der Waals surface area contributed by atoms with Crippen LogP contribution in [-0.2, 0) is 22.5 Å². The summed E-state index contributed by atoms with van der Waals surface area (Å²) < 4.78 is 7.18. The van der Waals surface area contributed by atoms with E-state index in [0.717, 1.165) is 24.3 Å². The molecule has 1 heterocycles. The van der Waals surface area contributed by atoms with Gasteiger partial charge in [0, 0.05) is 26.6 Å². The monoisotopic (exact) mass is 373 g/mol. The number of nitrogens with zero attached hydrogens (tertiary/aromatic N) is 2. The van der Waals surface area contributed by atoms with Crippen LogP contribution < -0.4 is 5.32 Å². The Labute approximate surface area is 163 Å². The Morgan fingerprint density at radius 2 is 1.78 bits per heavy atom. The van der Waals surface area contributed by atoms with Gasteiger partial charge in [-0.25, -0.2) is 4.98 Å². The molecule has 0 atom stereocenters. The lowest BCUT2D eigenvalue weighted by atomic mass is 10.1. The normalized spacial score (nSPS) is 11.2. The third-order valence-corrected chi connectivity index (χ3v) is 4.92. The van der Waals surface area contributed by atoms with Crippen molar-refractivity contribution in [3.63, 3.8) is 0 Å². The number of benzene rings is 1. The Bertz CT molecular complexity index is 681. The predicted molar refractivity (Wildman–Crippen MR) is 111 cm³/mol. The zero-order valence-corrected chi connectivity index (χ0v) is 17.0. The van der Waals surface area contributed by atoms with Crippen molar-refractivity contribution in [1.82, 2.24) is 14.9 Å². The first-order valence-electron chi connectivity index (χ1n) is 10.5. The van der Waals surface area contributed by atoms with Crippen molar-refractivity contribution >= 4 is 16.9 Å². The van der Waals surface area contributed by atoms with Crippen LogP contribution in [0.3, 0.4) is 0 Å². The van der Waals surface area contributed by atoms with Crippen LogP contribution in [0.1, 0.15) is 64.1 Å². The third-order valence-electron chi connectivity index (χ3n) is 4.92. The summed E-state index contributed by atoms with van der Waals surface area (Å²) in [6.07, 6.45) is 11.3. The van der Waals surface area contributed by atoms with Gasteiger partial charge >= 0.3 is 0 Å². The lowest BCUT2D eigenvalue weighted by Crippen LogP contribution is -2.29. The zero-order valence-electron chi connectivity index (χ0n) is 17.0. The fourth-order valence-corrected chi connectivity index (χ4v) is 3.47. The van der Waals surface area contributed by atoms with Gasteiger partial charge < -0.3 is 14.6 Å². The van der Waals surface area contributed by atoms with E-state index < -0.39 is 0 Å². The number of hydrogen-bond acceptors (Lipinski definition) is 3. The molecule has 5 heteroatoms. The summed E-state index contributed by atoms with van der Waals surface area (Å²) in [4.78, 5) is 16.3. The van der Waals surface area contributed by atoms with Gasteiger partial charge in [0.1, 0.15) is 12.4 Å². The van der Waals surface area contributed by atoms with E-state index in [0.29, 0.717) is 6.54 Å². The molecular weight excluding hydrogens is 338 g/mol. The van der Waals surface area contributed by atoms with Gasteiger partial charge in [-0.15, -0.1) is 0 Å². The summed E-state index contributed by atoms with van der Waals surface area (Å²) in [5.74, 6) is 0.972. The van der Waals surface area contributed by atoms with Gasteiger partial charge in [-0.2, -0.15) is 0 Å². The van der Waals surface area contributed by atoms with Crippen molar-refractivity contribution in [2.24, 2.45) is 0 Å². The van der Waals surface area contributed by atoms with E-state index in [1.807, 2.05) is 6.07 Å². The van der Waals surface area contributed by atoms with E-state index in [2.05, 4.69) is 35.0 Å². The molecule has 0 bridgehead atoms. The number of aryl methyl sites for hydroxylation is 1. The Kier molecular flexibility index (Phi) is 9.91. The second kappa shape index (κ2) is 12.5. The molecular formula is C22H35N3O2. The van der Waals surface area contributed by atoms with E-state index in [1.165, 1.54) is 64.0 Å². The minimum Gasteiger partial charge on any atom is -0.375 e. The molecule has 1 N–H and O–H groups in total. The molecule has 2 aromatic rings. The molecule has 1 aromatic carbocycles. The largest absolute Gasteiger partial charge is 0.375 e. The fourth-order valence-electron chi connectivity index (χ4n) is 3.47. The number of carbonyl (C=O) groups is 1. The highest BCUT2D eigenvalue weighted by Gasteiger charge is 2.10. The first-order chi connectivity index (χ1) is 13.3. The Morgan fingerprint density at radius 1 is 1.07 bits per heavy atom. The van der Waals surface area contributed by atoms with Gasteiger partial charge in [-0.05, 0) is 18.6 Å². The first-order valence-corrected chi connectivity index (χ1v) is 10.5. The number of para-hydroxylation sites is 2. The standard InChI is InChI=1S/C22H35N3O2/c1-3-4-5-6-7-8-9-12-17-25-20-14-11-10-13-19(20)24-21(25)15-16-23-22(26)18-27-2/h10-11,13-14H,3-9,12,15-18H2,1-2H3,(H,23,26). The van der Waals surface area contributed by atoms with Crippen LogP contribution in [0.15, 0.2) is 24.3 Å². The SMILES string of the molecule is CCCCCCCCCCn1c(CCNC(=O)COC)nc2ccccc21. The average molecular weight is 374 g/mol. The van der Waals surface area contributed by atoms with Crippen molar-refractivity contribution in [2.75, 3.05) is 20.3 Å². The lowest BCUT2D eigenvalue weighted by Gasteiger charge is -2.10. The molecule has 2 rings (SSSR count). The van der Waals surface area contributed by atoms with E-state index in [9.17, 15) is 4.79 Å². The smallest absolute Gasteiger partial charge is 0.245 e. The first kappa shape index (κ1) is 21.4. The highest BCUT2D eigenvalue weighted by atomic mass is 16.5. The Morgan fingerprint density at radius 3 is 2.52 bits per heavy atom. The lowest BCUT2D eigenvalue weighted by molar-refractivity contribution is -0.124. The van der Waals surface area contributed by atoms with Crippen molar-refractivity contribution in [3.05, 3.63) is 30.1 Å². The van der Waals surface area contributed by atoms with E-state index in [1.54, 1.807) is 0 Å². The maximum absolute atomic E-state index is 11.6. The van der Waals surface area contributed by atoms with Crippen LogP contribution in [0.2, 0.25) is 0 Å². The number of imidazole rings is 1. The topological polar surface area (TPSA) is 56.2 Å². The Balaban J connectivity index is 1.85. The van der Waals surface area contributed by atoms with Crippen LogP contribution in [0, 0.1) is 0 Å². The predicted octanol–water partition coefficient (Wildman–Crippen LogP) is 4.48. The molecule has 0 radical (unpaired) electrons.